The number of sulfonamides is 1. The zero-order valence-corrected chi connectivity index (χ0v) is 11.7. The Kier molecular flexibility index (Phi) is 3.85. The molecule has 0 aromatic heterocycles. The van der Waals surface area contributed by atoms with Gasteiger partial charge in [0.25, 0.3) is 5.91 Å². The molecule has 9 heteroatoms. The summed E-state index contributed by atoms with van der Waals surface area (Å²) in [7, 11) is -4.13. The van der Waals surface area contributed by atoms with Crippen LogP contribution in [0.5, 0.6) is 0 Å². The maximum Gasteiger partial charge on any atom is 0.347 e. The van der Waals surface area contributed by atoms with Gasteiger partial charge in [-0.3, -0.25) is 19.6 Å². The first-order valence-corrected chi connectivity index (χ1v) is 7.36. The molecule has 1 aromatic carbocycles. The second kappa shape index (κ2) is 5.44. The standard InChI is InChI=1S/C12H11N3O5S/c1-7(16)8-3-2-4-9(5-8)15-21(19,20)10-6-13-12(18)14-11(10)17/h2-6,10,15H,1H3,(H,14,17,18). The summed E-state index contributed by atoms with van der Waals surface area (Å²) >= 11 is 0. The highest BCUT2D eigenvalue weighted by molar-refractivity contribution is 7.94. The number of imide groups is 1. The molecule has 21 heavy (non-hydrogen) atoms. The van der Waals surface area contributed by atoms with Crippen molar-refractivity contribution in [3.63, 3.8) is 0 Å². The monoisotopic (exact) mass is 309 g/mol. The van der Waals surface area contributed by atoms with E-state index in [-0.39, 0.29) is 11.5 Å². The Morgan fingerprint density at radius 1 is 1.33 bits per heavy atom. The van der Waals surface area contributed by atoms with Crippen molar-refractivity contribution in [1.29, 1.82) is 0 Å². The largest absolute Gasteiger partial charge is 0.347 e. The molecule has 0 saturated heterocycles. The Morgan fingerprint density at radius 2 is 2.05 bits per heavy atom. The quantitative estimate of drug-likeness (QED) is 0.776. The zero-order valence-electron chi connectivity index (χ0n) is 10.9. The smallest absolute Gasteiger partial charge is 0.295 e. The molecular weight excluding hydrogens is 298 g/mol. The molecule has 1 aromatic rings. The molecule has 2 rings (SSSR count). The first-order chi connectivity index (χ1) is 9.79. The van der Waals surface area contributed by atoms with Crippen LogP contribution in [0.2, 0.25) is 0 Å². The Bertz CT molecular complexity index is 754. The lowest BCUT2D eigenvalue weighted by molar-refractivity contribution is -0.118. The van der Waals surface area contributed by atoms with Gasteiger partial charge in [0.15, 0.2) is 11.0 Å². The fourth-order valence-electron chi connectivity index (χ4n) is 1.66. The predicted octanol–water partition coefficient (Wildman–Crippen LogP) is 0.320. The number of urea groups is 1. The van der Waals surface area contributed by atoms with Gasteiger partial charge in [0.05, 0.1) is 0 Å². The lowest BCUT2D eigenvalue weighted by Crippen LogP contribution is -2.48. The number of rotatable bonds is 4. The van der Waals surface area contributed by atoms with Crippen LogP contribution in [-0.4, -0.2) is 37.6 Å². The van der Waals surface area contributed by atoms with Gasteiger partial charge >= 0.3 is 6.03 Å². The highest BCUT2D eigenvalue weighted by Crippen LogP contribution is 2.15. The summed E-state index contributed by atoms with van der Waals surface area (Å²) in [6.45, 7) is 1.35. The normalized spacial score (nSPS) is 18.2. The van der Waals surface area contributed by atoms with Crippen molar-refractivity contribution in [3.05, 3.63) is 29.8 Å². The van der Waals surface area contributed by atoms with Crippen LogP contribution in [0.15, 0.2) is 29.3 Å². The van der Waals surface area contributed by atoms with Crippen LogP contribution in [0.1, 0.15) is 17.3 Å². The number of anilines is 1. The first-order valence-electron chi connectivity index (χ1n) is 5.81. The molecule has 0 bridgehead atoms. The van der Waals surface area contributed by atoms with Crippen molar-refractivity contribution >= 4 is 39.6 Å². The lowest BCUT2D eigenvalue weighted by atomic mass is 10.1. The van der Waals surface area contributed by atoms with Crippen molar-refractivity contribution in [1.82, 2.24) is 5.32 Å². The van der Waals surface area contributed by atoms with E-state index in [2.05, 4.69) is 9.71 Å². The Hall–Kier alpha value is -2.55. The van der Waals surface area contributed by atoms with Crippen molar-refractivity contribution in [2.24, 2.45) is 4.99 Å². The Balaban J connectivity index is 2.28. The number of nitrogens with one attached hydrogen (secondary N) is 2. The molecule has 1 atom stereocenters. The van der Waals surface area contributed by atoms with Crippen LogP contribution >= 0.6 is 0 Å². The number of ketones is 1. The summed E-state index contributed by atoms with van der Waals surface area (Å²) in [5, 5.41) is 0.187. The molecule has 1 aliphatic heterocycles. The molecule has 0 aliphatic carbocycles. The Labute approximate surface area is 120 Å². The highest BCUT2D eigenvalue weighted by Gasteiger charge is 2.35. The van der Waals surface area contributed by atoms with E-state index in [0.717, 1.165) is 6.21 Å². The summed E-state index contributed by atoms with van der Waals surface area (Å²) in [6.07, 6.45) is 0.762. The summed E-state index contributed by atoms with van der Waals surface area (Å²) < 4.78 is 26.4. The minimum atomic E-state index is -4.13. The van der Waals surface area contributed by atoms with Crippen LogP contribution in [0, 0.1) is 0 Å². The SMILES string of the molecule is CC(=O)c1cccc(NS(=O)(=O)C2C=NC(=O)NC2=O)c1. The number of aliphatic imine (C=N–C) groups is 1. The van der Waals surface area contributed by atoms with Gasteiger partial charge in [-0.25, -0.2) is 18.2 Å². The van der Waals surface area contributed by atoms with Crippen LogP contribution in [-0.2, 0) is 14.8 Å². The number of hydrogen-bond donors (Lipinski definition) is 2. The molecule has 1 heterocycles. The predicted molar refractivity (Wildman–Crippen MR) is 74.8 cm³/mol. The number of nitrogens with zero attached hydrogens (tertiary/aromatic N) is 1. The van der Waals surface area contributed by atoms with E-state index in [1.165, 1.54) is 31.2 Å². The fourth-order valence-corrected chi connectivity index (χ4v) is 2.81. The minimum absolute atomic E-state index is 0.140. The maximum atomic E-state index is 12.1. The average Bonchev–Trinajstić information content (AvgIpc) is 2.37. The molecule has 1 aliphatic rings. The van der Waals surface area contributed by atoms with E-state index < -0.39 is 27.2 Å². The van der Waals surface area contributed by atoms with E-state index in [4.69, 9.17) is 0 Å². The van der Waals surface area contributed by atoms with Crippen LogP contribution in [0.3, 0.4) is 0 Å². The van der Waals surface area contributed by atoms with Gasteiger partial charge in [-0.05, 0) is 19.1 Å². The Morgan fingerprint density at radius 3 is 2.67 bits per heavy atom. The van der Waals surface area contributed by atoms with E-state index in [1.54, 1.807) is 5.32 Å². The van der Waals surface area contributed by atoms with Gasteiger partial charge in [0, 0.05) is 17.5 Å². The number of amides is 3. The van der Waals surface area contributed by atoms with E-state index in [0.29, 0.717) is 5.56 Å². The van der Waals surface area contributed by atoms with Gasteiger partial charge in [0.1, 0.15) is 0 Å². The van der Waals surface area contributed by atoms with Crippen molar-refractivity contribution in [2.45, 2.75) is 12.2 Å². The van der Waals surface area contributed by atoms with E-state index in [9.17, 15) is 22.8 Å². The molecule has 8 nitrogen and oxygen atoms in total. The topological polar surface area (TPSA) is 122 Å². The molecular formula is C12H11N3O5S. The molecule has 0 radical (unpaired) electrons. The molecule has 3 amide bonds. The lowest BCUT2D eigenvalue weighted by Gasteiger charge is -2.16. The van der Waals surface area contributed by atoms with E-state index in [1.807, 2.05) is 0 Å². The maximum absolute atomic E-state index is 12.1. The molecule has 0 spiro atoms. The number of carbonyl (C=O) groups excluding carboxylic acids is 3. The van der Waals surface area contributed by atoms with Gasteiger partial charge < -0.3 is 0 Å². The molecule has 1 unspecified atom stereocenters. The van der Waals surface area contributed by atoms with Gasteiger partial charge in [-0.2, -0.15) is 0 Å². The summed E-state index contributed by atoms with van der Waals surface area (Å²) in [5.41, 5.74) is 0.466. The summed E-state index contributed by atoms with van der Waals surface area (Å²) in [4.78, 5) is 36.9. The van der Waals surface area contributed by atoms with E-state index >= 15 is 0 Å². The molecule has 110 valence electrons. The second-order valence-corrected chi connectivity index (χ2v) is 6.08. The molecule has 0 saturated carbocycles. The third kappa shape index (κ3) is 3.31. The van der Waals surface area contributed by atoms with Crippen LogP contribution in [0.4, 0.5) is 10.5 Å². The van der Waals surface area contributed by atoms with Gasteiger partial charge in [0.2, 0.25) is 10.0 Å². The number of benzene rings is 1. The van der Waals surface area contributed by atoms with Crippen molar-refractivity contribution < 1.29 is 22.8 Å². The van der Waals surface area contributed by atoms with Crippen molar-refractivity contribution in [3.8, 4) is 0 Å². The number of hydrogen-bond acceptors (Lipinski definition) is 5. The second-order valence-electron chi connectivity index (χ2n) is 4.28. The third-order valence-electron chi connectivity index (χ3n) is 2.68. The van der Waals surface area contributed by atoms with Gasteiger partial charge in [-0.15, -0.1) is 0 Å². The van der Waals surface area contributed by atoms with Crippen molar-refractivity contribution in [2.75, 3.05) is 4.72 Å². The van der Waals surface area contributed by atoms with Crippen LogP contribution < -0.4 is 10.0 Å². The number of carbonyl (C=O) groups is 3. The average molecular weight is 309 g/mol. The third-order valence-corrected chi connectivity index (χ3v) is 4.20. The number of Topliss-reactive ketones (excluding diaryl/α,β-unsaturated/α-hetero) is 1. The highest BCUT2D eigenvalue weighted by atomic mass is 32.2. The van der Waals surface area contributed by atoms with Crippen LogP contribution in [0.25, 0.3) is 0 Å². The molecule has 2 N–H and O–H groups in total. The molecule has 0 fully saturated rings. The minimum Gasteiger partial charge on any atom is -0.295 e. The first kappa shape index (κ1) is 14.9. The summed E-state index contributed by atoms with van der Waals surface area (Å²) in [5.74, 6) is -1.20. The zero-order chi connectivity index (χ0) is 15.6. The fraction of sp³-hybridized carbons (Fsp3) is 0.167. The van der Waals surface area contributed by atoms with Gasteiger partial charge in [-0.1, -0.05) is 12.1 Å². The summed E-state index contributed by atoms with van der Waals surface area (Å²) in [6, 6.07) is 4.92.